The van der Waals surface area contributed by atoms with E-state index in [2.05, 4.69) is 45.4 Å². The average Bonchev–Trinajstić information content (AvgIpc) is 2.35. The first kappa shape index (κ1) is 20.5. The van der Waals surface area contributed by atoms with Gasteiger partial charge in [0.15, 0.2) is 0 Å². The van der Waals surface area contributed by atoms with Crippen LogP contribution in [0, 0.1) is 11.8 Å². The molecule has 0 aromatic carbocycles. The fourth-order valence-electron chi connectivity index (χ4n) is 3.09. The fourth-order valence-corrected chi connectivity index (χ4v) is 7.15. The first-order valence-electron chi connectivity index (χ1n) is 9.25. The van der Waals surface area contributed by atoms with E-state index >= 15 is 0 Å². The SMILES string of the molecule is CCCCC[N](CCCCC)[Al]([CH2]C(C)C)[CH2]C(C)C. The van der Waals surface area contributed by atoms with Crippen molar-refractivity contribution in [2.75, 3.05) is 13.1 Å². The van der Waals surface area contributed by atoms with E-state index < -0.39 is 14.4 Å². The second kappa shape index (κ2) is 13.2. The summed E-state index contributed by atoms with van der Waals surface area (Å²) in [5.74, 6) is 1.76. The van der Waals surface area contributed by atoms with Gasteiger partial charge in [-0.25, -0.2) is 0 Å². The third-order valence-corrected chi connectivity index (χ3v) is 8.62. The van der Waals surface area contributed by atoms with Crippen molar-refractivity contribution in [1.82, 2.24) is 3.88 Å². The summed E-state index contributed by atoms with van der Waals surface area (Å²) in [6.45, 7) is 17.1. The van der Waals surface area contributed by atoms with Crippen LogP contribution < -0.4 is 0 Å². The van der Waals surface area contributed by atoms with Gasteiger partial charge in [-0.15, -0.1) is 0 Å². The van der Waals surface area contributed by atoms with Crippen LogP contribution in [0.2, 0.25) is 10.6 Å². The van der Waals surface area contributed by atoms with Crippen LogP contribution in [0.3, 0.4) is 0 Å². The van der Waals surface area contributed by atoms with E-state index in [4.69, 9.17) is 0 Å². The lowest BCUT2D eigenvalue weighted by molar-refractivity contribution is 0.390. The second-order valence-corrected chi connectivity index (χ2v) is 10.3. The average molecular weight is 298 g/mol. The molecular weight excluding hydrogens is 257 g/mol. The molecule has 2 heteroatoms. The molecule has 120 valence electrons. The Balaban J connectivity index is 4.50. The molecule has 0 fully saturated rings. The predicted molar refractivity (Wildman–Crippen MR) is 95.7 cm³/mol. The maximum atomic E-state index is 2.96. The molecule has 0 aromatic rings. The highest BCUT2D eigenvalue weighted by Crippen LogP contribution is 2.19. The molecule has 0 aliphatic carbocycles. The summed E-state index contributed by atoms with van der Waals surface area (Å²) in [6, 6.07) is 0. The standard InChI is InChI=1S/C10H22N.2C4H9.Al/c1-3-5-7-9-11-10-8-6-4-2;2*1-4(2)3;/h3-10H2,1-2H3;2*4H,1H2,2-3H3;/q-1;;;+1. The van der Waals surface area contributed by atoms with Crippen LogP contribution in [0.5, 0.6) is 0 Å². The van der Waals surface area contributed by atoms with Gasteiger partial charge in [0, 0.05) is 0 Å². The van der Waals surface area contributed by atoms with Gasteiger partial charge in [0.05, 0.1) is 0 Å². The number of hydrogen-bond acceptors (Lipinski definition) is 1. The smallest absolute Gasteiger partial charge is 0.373 e. The van der Waals surface area contributed by atoms with Crippen LogP contribution in [0.1, 0.15) is 80.1 Å². The molecule has 0 unspecified atom stereocenters. The Morgan fingerprint density at radius 1 is 0.700 bits per heavy atom. The van der Waals surface area contributed by atoms with Crippen molar-refractivity contribution in [2.45, 2.75) is 90.6 Å². The molecule has 1 nitrogen and oxygen atoms in total. The zero-order chi connectivity index (χ0) is 15.4. The highest BCUT2D eigenvalue weighted by molar-refractivity contribution is 6.55. The molecule has 0 bridgehead atoms. The van der Waals surface area contributed by atoms with Crippen LogP contribution in [-0.2, 0) is 0 Å². The van der Waals surface area contributed by atoms with E-state index in [1.807, 2.05) is 0 Å². The maximum Gasteiger partial charge on any atom is 0.373 e. The van der Waals surface area contributed by atoms with Crippen LogP contribution in [0.4, 0.5) is 0 Å². The third-order valence-electron chi connectivity index (χ3n) is 4.10. The lowest BCUT2D eigenvalue weighted by Crippen LogP contribution is -2.42. The molecule has 0 N–H and O–H groups in total. The van der Waals surface area contributed by atoms with E-state index in [-0.39, 0.29) is 0 Å². The van der Waals surface area contributed by atoms with Crippen molar-refractivity contribution in [3.63, 3.8) is 0 Å². The van der Waals surface area contributed by atoms with Gasteiger partial charge in [-0.2, -0.15) is 0 Å². The minimum atomic E-state index is -0.716. The quantitative estimate of drug-likeness (QED) is 0.299. The number of nitrogens with zero attached hydrogens (tertiary/aromatic N) is 1. The Hall–Kier alpha value is 0.492. The van der Waals surface area contributed by atoms with E-state index in [0.29, 0.717) is 0 Å². The van der Waals surface area contributed by atoms with Gasteiger partial charge in [-0.3, -0.25) is 0 Å². The Bertz CT molecular complexity index is 184. The van der Waals surface area contributed by atoms with Gasteiger partial charge in [-0.1, -0.05) is 89.6 Å². The van der Waals surface area contributed by atoms with Crippen LogP contribution >= 0.6 is 0 Å². The highest BCUT2D eigenvalue weighted by Gasteiger charge is 2.27. The van der Waals surface area contributed by atoms with Crippen molar-refractivity contribution >= 4 is 14.4 Å². The molecule has 0 saturated carbocycles. The Morgan fingerprint density at radius 2 is 1.10 bits per heavy atom. The van der Waals surface area contributed by atoms with Crippen molar-refractivity contribution < 1.29 is 0 Å². The summed E-state index contributed by atoms with van der Waals surface area (Å²) in [4.78, 5) is 0. The Kier molecular flexibility index (Phi) is 13.5. The molecule has 0 radical (unpaired) electrons. The van der Waals surface area contributed by atoms with Gasteiger partial charge in [0.25, 0.3) is 0 Å². The lowest BCUT2D eigenvalue weighted by Gasteiger charge is -2.31. The molecule has 0 rings (SSSR count). The zero-order valence-electron chi connectivity index (χ0n) is 15.3. The lowest BCUT2D eigenvalue weighted by atomic mass is 10.2. The summed E-state index contributed by atoms with van der Waals surface area (Å²) in [5.41, 5.74) is 0. The first-order chi connectivity index (χ1) is 9.51. The summed E-state index contributed by atoms with van der Waals surface area (Å²) in [6.07, 6.45) is 8.36. The predicted octanol–water partition coefficient (Wildman–Crippen LogP) is 5.97. The number of rotatable bonds is 13. The minimum Gasteiger partial charge on any atom is -0.385 e. The molecule has 0 spiro atoms. The summed E-state index contributed by atoms with van der Waals surface area (Å²) >= 11 is -0.716. The summed E-state index contributed by atoms with van der Waals surface area (Å²) in [7, 11) is 0. The molecule has 0 saturated heterocycles. The molecule has 20 heavy (non-hydrogen) atoms. The summed E-state index contributed by atoms with van der Waals surface area (Å²) < 4.78 is 2.96. The fraction of sp³-hybridized carbons (Fsp3) is 1.00. The molecule has 0 atom stereocenters. The van der Waals surface area contributed by atoms with Gasteiger partial charge in [0.2, 0.25) is 0 Å². The zero-order valence-corrected chi connectivity index (χ0v) is 16.4. The maximum absolute atomic E-state index is 2.96. The molecule has 0 aromatic heterocycles. The van der Waals surface area contributed by atoms with Crippen LogP contribution in [0.15, 0.2) is 0 Å². The van der Waals surface area contributed by atoms with Gasteiger partial charge in [-0.05, 0) is 25.9 Å². The summed E-state index contributed by atoms with van der Waals surface area (Å²) in [5, 5.41) is 3.02. The van der Waals surface area contributed by atoms with Gasteiger partial charge >= 0.3 is 14.4 Å². The third kappa shape index (κ3) is 11.2. The van der Waals surface area contributed by atoms with Crippen LogP contribution in [-0.4, -0.2) is 31.3 Å². The Morgan fingerprint density at radius 3 is 1.40 bits per heavy atom. The molecule has 0 aliphatic heterocycles. The van der Waals surface area contributed by atoms with Crippen molar-refractivity contribution in [2.24, 2.45) is 11.8 Å². The monoisotopic (exact) mass is 297 g/mol. The molecular formula is C18H40AlN. The van der Waals surface area contributed by atoms with E-state index in [0.717, 1.165) is 11.8 Å². The molecule has 0 aliphatic rings. The highest BCUT2D eigenvalue weighted by atomic mass is 27.2. The first-order valence-corrected chi connectivity index (χ1v) is 11.4. The topological polar surface area (TPSA) is 3.24 Å². The normalized spacial score (nSPS) is 11.8. The van der Waals surface area contributed by atoms with Crippen molar-refractivity contribution in [3.05, 3.63) is 0 Å². The minimum absolute atomic E-state index is 0.716. The molecule has 0 amide bonds. The van der Waals surface area contributed by atoms with Gasteiger partial charge in [0.1, 0.15) is 0 Å². The van der Waals surface area contributed by atoms with E-state index in [1.54, 1.807) is 0 Å². The van der Waals surface area contributed by atoms with Gasteiger partial charge < -0.3 is 3.88 Å². The number of unbranched alkanes of at least 4 members (excludes halogenated alkanes) is 4. The largest absolute Gasteiger partial charge is 0.385 e. The molecule has 0 heterocycles. The van der Waals surface area contributed by atoms with Crippen molar-refractivity contribution in [1.29, 1.82) is 0 Å². The van der Waals surface area contributed by atoms with E-state index in [1.165, 1.54) is 62.2 Å². The second-order valence-electron chi connectivity index (χ2n) is 7.36. The van der Waals surface area contributed by atoms with E-state index in [9.17, 15) is 0 Å². The number of hydrogen-bond donors (Lipinski definition) is 0. The Labute approximate surface area is 134 Å². The van der Waals surface area contributed by atoms with Crippen molar-refractivity contribution in [3.8, 4) is 0 Å². The van der Waals surface area contributed by atoms with Crippen LogP contribution in [0.25, 0.3) is 0 Å².